The predicted molar refractivity (Wildman–Crippen MR) is 67.4 cm³/mol. The highest BCUT2D eigenvalue weighted by Crippen LogP contribution is 2.36. The molecule has 2 rings (SSSR count). The van der Waals surface area contributed by atoms with E-state index in [2.05, 4.69) is 4.98 Å². The number of carbonyl (C=O) groups is 1. The molecule has 0 bridgehead atoms. The molecule has 0 radical (unpaired) electrons. The van der Waals surface area contributed by atoms with Gasteiger partial charge in [-0.15, -0.1) is 0 Å². The fourth-order valence-corrected chi connectivity index (χ4v) is 2.55. The number of hydrogen-bond donors (Lipinski definition) is 0. The first kappa shape index (κ1) is 16.9. The molecular formula is C11H5ClF6N2OS. The second-order valence-electron chi connectivity index (χ2n) is 4.07. The van der Waals surface area contributed by atoms with Crippen molar-refractivity contribution in [2.24, 2.45) is 0 Å². The van der Waals surface area contributed by atoms with Crippen LogP contribution < -0.4 is 0 Å². The molecule has 0 aliphatic carbocycles. The van der Waals surface area contributed by atoms with Crippen LogP contribution in [-0.4, -0.2) is 27.6 Å². The summed E-state index contributed by atoms with van der Waals surface area (Å²) < 4.78 is 76.6. The van der Waals surface area contributed by atoms with Crippen LogP contribution in [0.3, 0.4) is 0 Å². The van der Waals surface area contributed by atoms with Crippen molar-refractivity contribution in [2.75, 3.05) is 6.26 Å². The largest absolute Gasteiger partial charge is 0.456 e. The van der Waals surface area contributed by atoms with E-state index in [-0.39, 0.29) is 5.16 Å². The van der Waals surface area contributed by atoms with Crippen LogP contribution >= 0.6 is 23.4 Å². The lowest BCUT2D eigenvalue weighted by Crippen LogP contribution is -2.23. The van der Waals surface area contributed by atoms with Gasteiger partial charge in [0.05, 0.1) is 16.1 Å². The molecule has 11 heteroatoms. The van der Waals surface area contributed by atoms with Gasteiger partial charge in [0.15, 0.2) is 5.16 Å². The number of halogens is 7. The van der Waals surface area contributed by atoms with Gasteiger partial charge in [0.1, 0.15) is 5.69 Å². The number of rotatable bonds is 2. The van der Waals surface area contributed by atoms with Gasteiger partial charge in [0, 0.05) is 6.20 Å². The van der Waals surface area contributed by atoms with E-state index in [0.29, 0.717) is 12.3 Å². The summed E-state index contributed by atoms with van der Waals surface area (Å²) in [4.78, 5) is 14.8. The Bertz CT molecular complexity index is 752. The predicted octanol–water partition coefficient (Wildman–Crippen LogP) is 4.47. The summed E-state index contributed by atoms with van der Waals surface area (Å²) in [7, 11) is 0. The fraction of sp³-hybridized carbons (Fsp3) is 0.273. The van der Waals surface area contributed by atoms with E-state index in [1.54, 1.807) is 0 Å². The molecule has 0 amide bonds. The van der Waals surface area contributed by atoms with Gasteiger partial charge in [-0.2, -0.15) is 26.3 Å². The van der Waals surface area contributed by atoms with E-state index in [4.69, 9.17) is 11.6 Å². The van der Waals surface area contributed by atoms with Crippen molar-refractivity contribution < 1.29 is 31.1 Å². The van der Waals surface area contributed by atoms with Crippen LogP contribution in [0.15, 0.2) is 17.4 Å². The highest BCUT2D eigenvalue weighted by atomic mass is 35.5. The van der Waals surface area contributed by atoms with Crippen molar-refractivity contribution in [1.82, 2.24) is 9.38 Å². The number of ketones is 1. The SMILES string of the molecule is CSc1nc(C(=O)C(F)(F)F)c2c(Cl)cc(C(F)(F)F)cn12. The Labute approximate surface area is 128 Å². The Balaban J connectivity index is 2.81. The van der Waals surface area contributed by atoms with E-state index < -0.39 is 39.9 Å². The first-order chi connectivity index (χ1) is 9.96. The number of thioether (sulfide) groups is 1. The molecule has 0 aliphatic heterocycles. The molecule has 0 aromatic carbocycles. The zero-order valence-corrected chi connectivity index (χ0v) is 12.1. The Morgan fingerprint density at radius 3 is 2.32 bits per heavy atom. The summed E-state index contributed by atoms with van der Waals surface area (Å²) in [5.74, 6) is -2.27. The molecule has 2 heterocycles. The third kappa shape index (κ3) is 2.89. The molecule has 0 saturated heterocycles. The van der Waals surface area contributed by atoms with Crippen LogP contribution in [0.25, 0.3) is 5.52 Å². The lowest BCUT2D eigenvalue weighted by Gasteiger charge is -2.10. The quantitative estimate of drug-likeness (QED) is 0.449. The summed E-state index contributed by atoms with van der Waals surface area (Å²) in [5, 5.41) is -0.856. The van der Waals surface area contributed by atoms with E-state index in [0.717, 1.165) is 16.2 Å². The minimum Gasteiger partial charge on any atom is -0.292 e. The number of fused-ring (bicyclic) bond motifs is 1. The van der Waals surface area contributed by atoms with Gasteiger partial charge in [-0.3, -0.25) is 9.20 Å². The number of imidazole rings is 1. The van der Waals surface area contributed by atoms with E-state index in [1.165, 1.54) is 6.26 Å². The van der Waals surface area contributed by atoms with Gasteiger partial charge < -0.3 is 0 Å². The summed E-state index contributed by atoms with van der Waals surface area (Å²) in [6.45, 7) is 0. The Morgan fingerprint density at radius 1 is 1.27 bits per heavy atom. The average molecular weight is 363 g/mol. The van der Waals surface area contributed by atoms with Crippen molar-refractivity contribution in [3.63, 3.8) is 0 Å². The highest BCUT2D eigenvalue weighted by Gasteiger charge is 2.43. The molecule has 2 aromatic heterocycles. The highest BCUT2D eigenvalue weighted by molar-refractivity contribution is 7.98. The van der Waals surface area contributed by atoms with Gasteiger partial charge in [0.2, 0.25) is 0 Å². The third-order valence-electron chi connectivity index (χ3n) is 2.64. The van der Waals surface area contributed by atoms with Crippen molar-refractivity contribution >= 4 is 34.7 Å². The van der Waals surface area contributed by atoms with Crippen LogP contribution in [0.2, 0.25) is 5.02 Å². The zero-order valence-electron chi connectivity index (χ0n) is 10.5. The molecule has 0 fully saturated rings. The number of alkyl halides is 6. The minimum absolute atomic E-state index is 0.212. The number of Topliss-reactive ketones (excluding diaryl/α,β-unsaturated/α-hetero) is 1. The molecular weight excluding hydrogens is 358 g/mol. The maximum absolute atomic E-state index is 12.7. The molecule has 0 N–H and O–H groups in total. The maximum atomic E-state index is 12.7. The average Bonchev–Trinajstić information content (AvgIpc) is 2.74. The van der Waals surface area contributed by atoms with Crippen LogP contribution in [0, 0.1) is 0 Å². The summed E-state index contributed by atoms with van der Waals surface area (Å²) in [6.07, 6.45) is -8.01. The number of hydrogen-bond acceptors (Lipinski definition) is 3. The van der Waals surface area contributed by atoms with Gasteiger partial charge in [-0.1, -0.05) is 23.4 Å². The Kier molecular flexibility index (Phi) is 4.11. The normalized spacial score (nSPS) is 12.9. The van der Waals surface area contributed by atoms with Crippen molar-refractivity contribution in [2.45, 2.75) is 17.5 Å². The summed E-state index contributed by atoms with van der Waals surface area (Å²) in [6, 6.07) is 0.454. The number of nitrogens with zero attached hydrogens (tertiary/aromatic N) is 2. The minimum atomic E-state index is -5.21. The zero-order chi connectivity index (χ0) is 16.9. The molecule has 0 unspecified atom stereocenters. The molecule has 0 atom stereocenters. The van der Waals surface area contributed by atoms with Crippen molar-refractivity contribution in [3.05, 3.63) is 28.5 Å². The van der Waals surface area contributed by atoms with E-state index in [1.807, 2.05) is 0 Å². The van der Waals surface area contributed by atoms with E-state index >= 15 is 0 Å². The van der Waals surface area contributed by atoms with E-state index in [9.17, 15) is 31.1 Å². The molecule has 0 spiro atoms. The number of pyridine rings is 1. The maximum Gasteiger partial charge on any atom is 0.456 e. The molecule has 0 aliphatic rings. The van der Waals surface area contributed by atoms with Gasteiger partial charge in [-0.05, 0) is 12.3 Å². The molecule has 2 aromatic rings. The smallest absolute Gasteiger partial charge is 0.292 e. The lowest BCUT2D eigenvalue weighted by molar-refractivity contribution is -0.137. The third-order valence-corrected chi connectivity index (χ3v) is 3.58. The number of aromatic nitrogens is 2. The van der Waals surface area contributed by atoms with Gasteiger partial charge in [0.25, 0.3) is 5.78 Å². The second kappa shape index (κ2) is 5.34. The van der Waals surface area contributed by atoms with Crippen molar-refractivity contribution in [1.29, 1.82) is 0 Å². The molecule has 0 saturated carbocycles. The van der Waals surface area contributed by atoms with Crippen LogP contribution in [0.5, 0.6) is 0 Å². The Hall–Kier alpha value is -1.42. The molecule has 22 heavy (non-hydrogen) atoms. The van der Waals surface area contributed by atoms with Crippen LogP contribution in [-0.2, 0) is 6.18 Å². The van der Waals surface area contributed by atoms with Crippen molar-refractivity contribution in [3.8, 4) is 0 Å². The number of carbonyl (C=O) groups excluding carboxylic acids is 1. The summed E-state index contributed by atoms with van der Waals surface area (Å²) in [5.41, 5.74) is -2.71. The first-order valence-corrected chi connectivity index (χ1v) is 7.01. The van der Waals surface area contributed by atoms with Crippen LogP contribution in [0.4, 0.5) is 26.3 Å². The molecule has 120 valence electrons. The first-order valence-electron chi connectivity index (χ1n) is 5.41. The molecule has 3 nitrogen and oxygen atoms in total. The Morgan fingerprint density at radius 2 is 1.86 bits per heavy atom. The second-order valence-corrected chi connectivity index (χ2v) is 5.25. The summed E-state index contributed by atoms with van der Waals surface area (Å²) >= 11 is 6.43. The van der Waals surface area contributed by atoms with Gasteiger partial charge in [-0.25, -0.2) is 4.98 Å². The lowest BCUT2D eigenvalue weighted by atomic mass is 10.2. The monoisotopic (exact) mass is 362 g/mol. The van der Waals surface area contributed by atoms with Crippen LogP contribution in [0.1, 0.15) is 16.1 Å². The van der Waals surface area contributed by atoms with Gasteiger partial charge >= 0.3 is 12.4 Å². The topological polar surface area (TPSA) is 34.4 Å². The fourth-order valence-electron chi connectivity index (χ4n) is 1.73. The standard InChI is InChI=1S/C11H5ClF6N2OS/c1-22-9-19-6(8(21)11(16,17)18)7-5(12)2-4(3-20(7)9)10(13,14)15/h2-3H,1H3.